The van der Waals surface area contributed by atoms with Gasteiger partial charge in [-0.1, -0.05) is 71.6 Å². The largest absolute Gasteiger partial charge is 0.249 e. The average Bonchev–Trinajstić information content (AvgIpc) is 2.63. The molecule has 0 aliphatic heterocycles. The second-order valence-corrected chi connectivity index (χ2v) is 5.24. The maximum atomic E-state index is 14.3. The lowest BCUT2D eigenvalue weighted by molar-refractivity contribution is 0.384. The molecule has 0 N–H and O–H groups in total. The van der Waals surface area contributed by atoms with Crippen molar-refractivity contribution in [1.29, 1.82) is 0 Å². The van der Waals surface area contributed by atoms with Crippen LogP contribution in [-0.4, -0.2) is 6.71 Å². The Hall–Kier alpha value is -2.63. The Labute approximate surface area is 135 Å². The zero-order valence-corrected chi connectivity index (χ0v) is 12.2. The summed E-state index contributed by atoms with van der Waals surface area (Å²) in [4.78, 5) is 0. The average molecular weight is 332 g/mol. The summed E-state index contributed by atoms with van der Waals surface area (Å²) in [5.41, 5.74) is -0.0115. The van der Waals surface area contributed by atoms with Crippen LogP contribution in [0.25, 0.3) is 0 Å². The number of benzene rings is 3. The summed E-state index contributed by atoms with van der Waals surface area (Å²) in [6, 6.07) is 16.3. The highest BCUT2D eigenvalue weighted by molar-refractivity contribution is 6.95. The molecule has 0 aliphatic carbocycles. The Morgan fingerprint density at radius 3 is 1.17 bits per heavy atom. The molecule has 0 bridgehead atoms. The summed E-state index contributed by atoms with van der Waals surface area (Å²) in [6.45, 7) is -1.11. The fourth-order valence-corrected chi connectivity index (χ4v) is 2.69. The molecule has 0 saturated heterocycles. The van der Waals surface area contributed by atoms with Gasteiger partial charge in [0.05, 0.1) is 0 Å². The van der Waals surface area contributed by atoms with Gasteiger partial charge in [-0.2, -0.15) is 0 Å². The summed E-state index contributed by atoms with van der Waals surface area (Å²) in [5, 5.41) is 0. The summed E-state index contributed by atoms with van der Waals surface area (Å²) in [5.74, 6) is -9.68. The standard InChI is InChI=1S/C18H10BF5/c20-14-13(15(21)17(23)18(24)16(14)22)19(11-7-3-1-4-8-11)12-9-5-2-6-10-12/h1-10H. The first-order valence-electron chi connectivity index (χ1n) is 7.13. The molecule has 0 spiro atoms. The van der Waals surface area contributed by atoms with Gasteiger partial charge in [0.25, 0.3) is 0 Å². The van der Waals surface area contributed by atoms with Crippen molar-refractivity contribution >= 4 is 23.1 Å². The van der Waals surface area contributed by atoms with Gasteiger partial charge in [0.15, 0.2) is 29.1 Å². The minimum atomic E-state index is -2.16. The normalized spacial score (nSPS) is 10.7. The molecule has 0 atom stereocenters. The molecule has 0 amide bonds. The quantitative estimate of drug-likeness (QED) is 0.299. The summed E-state index contributed by atoms with van der Waals surface area (Å²) >= 11 is 0. The van der Waals surface area contributed by atoms with Gasteiger partial charge >= 0.3 is 0 Å². The van der Waals surface area contributed by atoms with Gasteiger partial charge in [0.1, 0.15) is 0 Å². The lowest BCUT2D eigenvalue weighted by Gasteiger charge is -2.18. The topological polar surface area (TPSA) is 0 Å². The summed E-state index contributed by atoms with van der Waals surface area (Å²) in [6.07, 6.45) is 0. The van der Waals surface area contributed by atoms with Crippen LogP contribution in [0.3, 0.4) is 0 Å². The van der Waals surface area contributed by atoms with Gasteiger partial charge in [-0.25, -0.2) is 22.0 Å². The van der Waals surface area contributed by atoms with E-state index in [1.54, 1.807) is 60.7 Å². The molecule has 24 heavy (non-hydrogen) atoms. The smallest absolute Gasteiger partial charge is 0.204 e. The Kier molecular flexibility index (Phi) is 4.38. The molecule has 0 aliphatic rings. The fraction of sp³-hybridized carbons (Fsp3) is 0. The third-order valence-electron chi connectivity index (χ3n) is 3.80. The van der Waals surface area contributed by atoms with Crippen molar-refractivity contribution < 1.29 is 22.0 Å². The van der Waals surface area contributed by atoms with Crippen LogP contribution in [-0.2, 0) is 0 Å². The van der Waals surface area contributed by atoms with Crippen LogP contribution in [0, 0.1) is 29.1 Å². The lowest BCUT2D eigenvalue weighted by atomic mass is 9.36. The summed E-state index contributed by atoms with van der Waals surface area (Å²) in [7, 11) is 0. The van der Waals surface area contributed by atoms with Gasteiger partial charge in [0, 0.05) is 5.46 Å². The Bertz CT molecular complexity index is 797. The van der Waals surface area contributed by atoms with Crippen molar-refractivity contribution in [3.63, 3.8) is 0 Å². The molecule has 120 valence electrons. The van der Waals surface area contributed by atoms with E-state index in [9.17, 15) is 22.0 Å². The van der Waals surface area contributed by atoms with Crippen molar-refractivity contribution in [2.45, 2.75) is 0 Å². The predicted molar refractivity (Wildman–Crippen MR) is 83.8 cm³/mol. The fourth-order valence-electron chi connectivity index (χ4n) is 2.69. The van der Waals surface area contributed by atoms with Crippen LogP contribution in [0.1, 0.15) is 0 Å². The highest BCUT2D eigenvalue weighted by Gasteiger charge is 2.34. The van der Waals surface area contributed by atoms with Gasteiger partial charge in [-0.05, 0) is 0 Å². The van der Waals surface area contributed by atoms with E-state index >= 15 is 0 Å². The zero-order chi connectivity index (χ0) is 17.3. The van der Waals surface area contributed by atoms with Crippen LogP contribution in [0.5, 0.6) is 0 Å². The van der Waals surface area contributed by atoms with Crippen molar-refractivity contribution in [2.75, 3.05) is 0 Å². The molecule has 0 radical (unpaired) electrons. The van der Waals surface area contributed by atoms with E-state index in [4.69, 9.17) is 0 Å². The Morgan fingerprint density at radius 1 is 0.458 bits per heavy atom. The molecule has 0 aromatic heterocycles. The van der Waals surface area contributed by atoms with E-state index in [0.717, 1.165) is 0 Å². The van der Waals surface area contributed by atoms with Crippen LogP contribution >= 0.6 is 0 Å². The minimum absolute atomic E-state index is 0.423. The van der Waals surface area contributed by atoms with E-state index in [1.165, 1.54) is 0 Å². The molecular weight excluding hydrogens is 322 g/mol. The van der Waals surface area contributed by atoms with E-state index in [2.05, 4.69) is 0 Å². The van der Waals surface area contributed by atoms with Crippen LogP contribution in [0.2, 0.25) is 0 Å². The second kappa shape index (κ2) is 6.47. The van der Waals surface area contributed by atoms with Gasteiger partial charge in [-0.15, -0.1) is 0 Å². The molecule has 3 aromatic carbocycles. The molecule has 3 aromatic rings. The lowest BCUT2D eigenvalue weighted by Crippen LogP contribution is -2.55. The van der Waals surface area contributed by atoms with Crippen LogP contribution < -0.4 is 16.4 Å². The molecular formula is C18H10BF5. The third kappa shape index (κ3) is 2.68. The van der Waals surface area contributed by atoms with Crippen LogP contribution in [0.4, 0.5) is 22.0 Å². The van der Waals surface area contributed by atoms with Gasteiger partial charge < -0.3 is 0 Å². The maximum Gasteiger partial charge on any atom is 0.249 e. The number of hydrogen-bond donors (Lipinski definition) is 0. The number of hydrogen-bond acceptors (Lipinski definition) is 0. The van der Waals surface area contributed by atoms with Crippen molar-refractivity contribution in [2.24, 2.45) is 0 Å². The van der Waals surface area contributed by atoms with E-state index in [0.29, 0.717) is 10.9 Å². The molecule has 0 unspecified atom stereocenters. The van der Waals surface area contributed by atoms with Crippen molar-refractivity contribution in [3.05, 3.63) is 89.7 Å². The Morgan fingerprint density at radius 2 is 0.792 bits per heavy atom. The maximum absolute atomic E-state index is 14.3. The van der Waals surface area contributed by atoms with Crippen LogP contribution in [0.15, 0.2) is 60.7 Å². The number of halogens is 5. The van der Waals surface area contributed by atoms with Gasteiger partial charge in [-0.3, -0.25) is 0 Å². The second-order valence-electron chi connectivity index (χ2n) is 5.24. The first kappa shape index (κ1) is 16.2. The van der Waals surface area contributed by atoms with Crippen molar-refractivity contribution in [3.8, 4) is 0 Å². The summed E-state index contributed by atoms with van der Waals surface area (Å²) < 4.78 is 69.2. The predicted octanol–water partition coefficient (Wildman–Crippen LogP) is 2.90. The highest BCUT2D eigenvalue weighted by Crippen LogP contribution is 2.17. The third-order valence-corrected chi connectivity index (χ3v) is 3.80. The van der Waals surface area contributed by atoms with Gasteiger partial charge in [0.2, 0.25) is 6.71 Å². The molecule has 3 rings (SSSR count). The molecule has 0 fully saturated rings. The SMILES string of the molecule is Fc1c(F)c(F)c(B(c2ccccc2)c2ccccc2)c(F)c1F. The highest BCUT2D eigenvalue weighted by atomic mass is 19.2. The van der Waals surface area contributed by atoms with E-state index in [-0.39, 0.29) is 0 Å². The van der Waals surface area contributed by atoms with Crippen molar-refractivity contribution in [1.82, 2.24) is 0 Å². The first-order chi connectivity index (χ1) is 11.5. The molecule has 0 heterocycles. The van der Waals surface area contributed by atoms with E-state index in [1.807, 2.05) is 0 Å². The number of rotatable bonds is 3. The Balaban J connectivity index is 2.33. The molecule has 6 heteroatoms. The zero-order valence-electron chi connectivity index (χ0n) is 12.2. The minimum Gasteiger partial charge on any atom is -0.204 e. The van der Waals surface area contributed by atoms with E-state index < -0.39 is 41.3 Å². The first-order valence-corrected chi connectivity index (χ1v) is 7.13. The monoisotopic (exact) mass is 332 g/mol. The molecule has 0 saturated carbocycles. The molecule has 0 nitrogen and oxygen atoms in total.